The average Bonchev–Trinajstić information content (AvgIpc) is 2.42. The van der Waals surface area contributed by atoms with Crippen molar-refractivity contribution < 1.29 is 4.79 Å². The minimum Gasteiger partial charge on any atom is -0.364 e. The lowest BCUT2D eigenvalue weighted by atomic mass is 10.5. The maximum Gasteiger partial charge on any atom is 0.269 e. The molecule has 5 nitrogen and oxygen atoms in total. The molecule has 62 valence electrons. The molecule has 3 N–H and O–H groups in total. The second-order valence-corrected chi connectivity index (χ2v) is 3.79. The van der Waals surface area contributed by atoms with Gasteiger partial charge in [0.2, 0.25) is 4.96 Å². The van der Waals surface area contributed by atoms with Gasteiger partial charge in [-0.1, -0.05) is 11.3 Å². The summed E-state index contributed by atoms with van der Waals surface area (Å²) in [6.45, 7) is 0. The van der Waals surface area contributed by atoms with E-state index in [-0.39, 0.29) is 5.69 Å². The molecule has 1 amide bonds. The molecule has 0 saturated heterocycles. The van der Waals surface area contributed by atoms with Crippen molar-refractivity contribution in [1.82, 2.24) is 14.6 Å². The fraction of sp³-hybridized carbons (Fsp3) is 0. The summed E-state index contributed by atoms with van der Waals surface area (Å²) >= 11 is 6.16. The first kappa shape index (κ1) is 7.44. The minimum atomic E-state index is -0.537. The quantitative estimate of drug-likeness (QED) is 0.660. The highest BCUT2D eigenvalue weighted by Crippen LogP contribution is 2.10. The molecule has 0 bridgehead atoms. The Kier molecular flexibility index (Phi) is 1.48. The van der Waals surface area contributed by atoms with Crippen LogP contribution in [-0.2, 0) is 0 Å². The number of nitrogens with two attached hydrogens (primary N) is 1. The van der Waals surface area contributed by atoms with Gasteiger partial charge in [0.05, 0.1) is 6.20 Å². The number of imidazole rings is 1. The lowest BCUT2D eigenvalue weighted by molar-refractivity contribution is 0.0996. The summed E-state index contributed by atoms with van der Waals surface area (Å²) in [6.07, 6.45) is 1.52. The van der Waals surface area contributed by atoms with Crippen molar-refractivity contribution in [2.75, 3.05) is 0 Å². The highest BCUT2D eigenvalue weighted by Gasteiger charge is 2.07. The molecule has 0 aliphatic rings. The van der Waals surface area contributed by atoms with Gasteiger partial charge in [0, 0.05) is 0 Å². The molecule has 2 aromatic rings. The van der Waals surface area contributed by atoms with E-state index in [2.05, 4.69) is 10.1 Å². The Morgan fingerprint density at radius 2 is 2.58 bits per heavy atom. The van der Waals surface area contributed by atoms with Gasteiger partial charge in [-0.2, -0.15) is 0 Å². The molecular weight excluding hydrogens is 196 g/mol. The van der Waals surface area contributed by atoms with E-state index in [9.17, 15) is 4.79 Å². The monoisotopic (exact) mass is 200 g/mol. The number of nitrogens with one attached hydrogen (secondary N) is 1. The second kappa shape index (κ2) is 2.39. The molecular formula is C5H4N4OS2. The zero-order chi connectivity index (χ0) is 8.72. The van der Waals surface area contributed by atoms with Gasteiger partial charge < -0.3 is 5.73 Å². The van der Waals surface area contributed by atoms with E-state index in [0.29, 0.717) is 8.92 Å². The van der Waals surface area contributed by atoms with E-state index in [1.54, 1.807) is 4.52 Å². The number of primary amides is 1. The Bertz CT molecular complexity index is 458. The number of aromatic nitrogens is 3. The first-order chi connectivity index (χ1) is 5.66. The molecule has 0 aromatic carbocycles. The summed E-state index contributed by atoms with van der Waals surface area (Å²) in [5, 5.41) is 2.81. The van der Waals surface area contributed by atoms with Crippen molar-refractivity contribution in [2.24, 2.45) is 5.73 Å². The molecule has 0 radical (unpaired) electrons. The molecule has 0 aliphatic carbocycles. The molecule has 0 saturated carbocycles. The first-order valence-electron chi connectivity index (χ1n) is 3.05. The van der Waals surface area contributed by atoms with Crippen molar-refractivity contribution in [2.45, 2.75) is 0 Å². The zero-order valence-corrected chi connectivity index (χ0v) is 7.41. The third-order valence-corrected chi connectivity index (χ3v) is 2.41. The first-order valence-corrected chi connectivity index (χ1v) is 4.27. The number of fused-ring (bicyclic) bond motifs is 1. The smallest absolute Gasteiger partial charge is 0.269 e. The van der Waals surface area contributed by atoms with Crippen LogP contribution in [0.1, 0.15) is 10.5 Å². The number of carbonyl (C=O) groups is 1. The normalized spacial score (nSPS) is 10.7. The Labute approximate surface area is 75.8 Å². The van der Waals surface area contributed by atoms with Gasteiger partial charge in [-0.3, -0.25) is 9.89 Å². The number of aromatic amines is 1. The summed E-state index contributed by atoms with van der Waals surface area (Å²) in [6, 6.07) is 0. The van der Waals surface area contributed by atoms with Gasteiger partial charge in [-0.15, -0.1) is 0 Å². The molecule has 0 unspecified atom stereocenters. The average molecular weight is 200 g/mol. The van der Waals surface area contributed by atoms with Gasteiger partial charge in [0.1, 0.15) is 5.69 Å². The van der Waals surface area contributed by atoms with Crippen molar-refractivity contribution in [3.8, 4) is 0 Å². The predicted octanol–water partition coefficient (Wildman–Crippen LogP) is 0.552. The van der Waals surface area contributed by atoms with E-state index in [0.717, 1.165) is 0 Å². The molecule has 2 aromatic heterocycles. The third-order valence-electron chi connectivity index (χ3n) is 1.32. The molecule has 0 atom stereocenters. The molecule has 0 fully saturated rings. The van der Waals surface area contributed by atoms with Crippen molar-refractivity contribution >= 4 is 34.4 Å². The summed E-state index contributed by atoms with van der Waals surface area (Å²) < 4.78 is 2.20. The van der Waals surface area contributed by atoms with Crippen LogP contribution >= 0.6 is 23.6 Å². The lowest BCUT2D eigenvalue weighted by Gasteiger charge is -1.80. The Morgan fingerprint density at radius 3 is 3.17 bits per heavy atom. The maximum absolute atomic E-state index is 10.7. The van der Waals surface area contributed by atoms with Crippen LogP contribution in [0.4, 0.5) is 0 Å². The van der Waals surface area contributed by atoms with Gasteiger partial charge in [0.25, 0.3) is 5.91 Å². The number of hydrogen-bond donors (Lipinski definition) is 2. The lowest BCUT2D eigenvalue weighted by Crippen LogP contribution is -2.10. The van der Waals surface area contributed by atoms with E-state index >= 15 is 0 Å². The Morgan fingerprint density at radius 1 is 1.83 bits per heavy atom. The number of H-pyrrole nitrogens is 1. The van der Waals surface area contributed by atoms with Crippen LogP contribution in [0.2, 0.25) is 0 Å². The maximum atomic E-state index is 10.7. The van der Waals surface area contributed by atoms with Gasteiger partial charge >= 0.3 is 0 Å². The predicted molar refractivity (Wildman–Crippen MR) is 46.8 cm³/mol. The standard InChI is InChI=1S/C5H4N4OS2/c6-3(10)2-1-9-4(7-2)12-5(11)8-9/h1H,(H2,6,10)(H,8,11). The molecule has 0 spiro atoms. The van der Waals surface area contributed by atoms with Crippen LogP contribution in [0.3, 0.4) is 0 Å². The highest BCUT2D eigenvalue weighted by atomic mass is 32.1. The van der Waals surface area contributed by atoms with Crippen molar-refractivity contribution in [3.63, 3.8) is 0 Å². The summed E-state index contributed by atoms with van der Waals surface area (Å²) in [5.41, 5.74) is 5.27. The minimum absolute atomic E-state index is 0.243. The molecule has 0 aliphatic heterocycles. The van der Waals surface area contributed by atoms with Crippen LogP contribution < -0.4 is 5.73 Å². The number of amides is 1. The third kappa shape index (κ3) is 1.03. The summed E-state index contributed by atoms with van der Waals surface area (Å²) in [5.74, 6) is -0.537. The van der Waals surface area contributed by atoms with E-state index < -0.39 is 5.91 Å². The number of nitrogens with zero attached hydrogens (tertiary/aromatic N) is 2. The van der Waals surface area contributed by atoms with E-state index in [1.807, 2.05) is 0 Å². The Balaban J connectivity index is 2.72. The Hall–Kier alpha value is -1.21. The molecule has 7 heteroatoms. The summed E-state index contributed by atoms with van der Waals surface area (Å²) in [7, 11) is 0. The van der Waals surface area contributed by atoms with Crippen molar-refractivity contribution in [1.29, 1.82) is 0 Å². The molecule has 12 heavy (non-hydrogen) atoms. The largest absolute Gasteiger partial charge is 0.364 e. The second-order valence-electron chi connectivity index (χ2n) is 2.14. The van der Waals surface area contributed by atoms with Crippen LogP contribution in [0.25, 0.3) is 4.96 Å². The van der Waals surface area contributed by atoms with Crippen LogP contribution in [0, 0.1) is 3.95 Å². The van der Waals surface area contributed by atoms with E-state index in [1.165, 1.54) is 17.5 Å². The van der Waals surface area contributed by atoms with Crippen LogP contribution in [-0.4, -0.2) is 20.5 Å². The van der Waals surface area contributed by atoms with Gasteiger partial charge in [-0.25, -0.2) is 9.50 Å². The highest BCUT2D eigenvalue weighted by molar-refractivity contribution is 7.73. The number of rotatable bonds is 1. The van der Waals surface area contributed by atoms with Gasteiger partial charge in [-0.05, 0) is 12.2 Å². The SMILES string of the molecule is NC(=O)c1cn2[nH]c(=S)sc2n1. The summed E-state index contributed by atoms with van der Waals surface area (Å²) in [4.78, 5) is 15.3. The van der Waals surface area contributed by atoms with Gasteiger partial charge in [0.15, 0.2) is 3.95 Å². The topological polar surface area (TPSA) is 76.2 Å². The number of carbonyl (C=O) groups excluding carboxylic acids is 1. The fourth-order valence-electron chi connectivity index (χ4n) is 0.838. The zero-order valence-electron chi connectivity index (χ0n) is 5.77. The fourth-order valence-corrected chi connectivity index (χ4v) is 1.81. The van der Waals surface area contributed by atoms with Crippen molar-refractivity contribution in [3.05, 3.63) is 15.8 Å². The molecule has 2 heterocycles. The number of hydrogen-bond acceptors (Lipinski definition) is 4. The van der Waals surface area contributed by atoms with E-state index in [4.69, 9.17) is 18.0 Å². The van der Waals surface area contributed by atoms with Crippen LogP contribution in [0.5, 0.6) is 0 Å². The van der Waals surface area contributed by atoms with Crippen LogP contribution in [0.15, 0.2) is 6.20 Å². The molecule has 2 rings (SSSR count).